The minimum absolute atomic E-state index is 0.113. The molecule has 1 aromatic carbocycles. The Kier molecular flexibility index (Phi) is 3.84. The highest BCUT2D eigenvalue weighted by atomic mass is 35.5. The van der Waals surface area contributed by atoms with E-state index in [1.165, 1.54) is 11.3 Å². The van der Waals surface area contributed by atoms with Crippen molar-refractivity contribution in [2.24, 2.45) is 0 Å². The molecule has 0 aliphatic carbocycles. The van der Waals surface area contributed by atoms with E-state index in [-0.39, 0.29) is 11.9 Å². The van der Waals surface area contributed by atoms with Gasteiger partial charge in [-0.05, 0) is 24.6 Å². The molecule has 0 saturated carbocycles. The van der Waals surface area contributed by atoms with E-state index in [1.54, 1.807) is 17.5 Å². The third-order valence-electron chi connectivity index (χ3n) is 2.47. The smallest absolute Gasteiger partial charge is 0.271 e. The molecule has 0 radical (unpaired) electrons. The summed E-state index contributed by atoms with van der Waals surface area (Å²) in [5, 5.41) is 5.55. The molecule has 1 unspecified atom stereocenters. The number of halogens is 1. The fourth-order valence-electron chi connectivity index (χ4n) is 1.50. The van der Waals surface area contributed by atoms with Crippen LogP contribution < -0.4 is 11.1 Å². The number of nitrogens with one attached hydrogen (secondary N) is 1. The number of amides is 1. The number of thiazole rings is 1. The van der Waals surface area contributed by atoms with E-state index in [2.05, 4.69) is 10.3 Å². The first-order valence-corrected chi connectivity index (χ1v) is 6.59. The summed E-state index contributed by atoms with van der Waals surface area (Å²) < 4.78 is 0. The molecule has 2 rings (SSSR count). The first kappa shape index (κ1) is 12.9. The minimum Gasteiger partial charge on any atom is -0.375 e. The Morgan fingerprint density at radius 2 is 2.11 bits per heavy atom. The number of hydrogen-bond acceptors (Lipinski definition) is 4. The summed E-state index contributed by atoms with van der Waals surface area (Å²) in [7, 11) is 0. The second kappa shape index (κ2) is 5.37. The summed E-state index contributed by atoms with van der Waals surface area (Å²) in [5.74, 6) is -0.231. The Morgan fingerprint density at radius 3 is 2.67 bits per heavy atom. The van der Waals surface area contributed by atoms with E-state index in [1.807, 2.05) is 19.1 Å². The van der Waals surface area contributed by atoms with Gasteiger partial charge in [0.1, 0.15) is 5.69 Å². The highest BCUT2D eigenvalue weighted by Gasteiger charge is 2.13. The van der Waals surface area contributed by atoms with Crippen LogP contribution in [-0.4, -0.2) is 10.9 Å². The van der Waals surface area contributed by atoms with E-state index in [4.69, 9.17) is 17.3 Å². The van der Waals surface area contributed by atoms with Crippen molar-refractivity contribution in [2.75, 3.05) is 5.73 Å². The molecule has 0 fully saturated rings. The fraction of sp³-hybridized carbons (Fsp3) is 0.167. The number of anilines is 1. The molecule has 0 spiro atoms. The van der Waals surface area contributed by atoms with Gasteiger partial charge in [-0.15, -0.1) is 11.3 Å². The van der Waals surface area contributed by atoms with E-state index in [9.17, 15) is 4.79 Å². The van der Waals surface area contributed by atoms with Gasteiger partial charge in [-0.1, -0.05) is 23.7 Å². The normalized spacial score (nSPS) is 12.1. The van der Waals surface area contributed by atoms with Gasteiger partial charge in [0.2, 0.25) is 0 Å². The number of nitrogens with zero attached hydrogens (tertiary/aromatic N) is 1. The van der Waals surface area contributed by atoms with Crippen molar-refractivity contribution >= 4 is 34.0 Å². The zero-order valence-corrected chi connectivity index (χ0v) is 11.3. The van der Waals surface area contributed by atoms with Gasteiger partial charge in [0.25, 0.3) is 5.91 Å². The highest BCUT2D eigenvalue weighted by Crippen LogP contribution is 2.17. The van der Waals surface area contributed by atoms with Gasteiger partial charge in [0, 0.05) is 10.4 Å². The number of nitrogen functional groups attached to an aromatic ring is 1. The van der Waals surface area contributed by atoms with Gasteiger partial charge < -0.3 is 11.1 Å². The molecule has 0 aliphatic rings. The largest absolute Gasteiger partial charge is 0.375 e. The third kappa shape index (κ3) is 3.00. The molecule has 2 aromatic rings. The number of aromatic nitrogens is 1. The average Bonchev–Trinajstić information content (AvgIpc) is 2.76. The van der Waals surface area contributed by atoms with E-state index >= 15 is 0 Å². The van der Waals surface area contributed by atoms with Gasteiger partial charge in [0.05, 0.1) is 6.04 Å². The molecule has 3 N–H and O–H groups in total. The number of hydrogen-bond donors (Lipinski definition) is 2. The van der Waals surface area contributed by atoms with Crippen LogP contribution in [0.2, 0.25) is 5.02 Å². The maximum absolute atomic E-state index is 11.9. The molecule has 0 bridgehead atoms. The number of carbonyl (C=O) groups excluding carboxylic acids is 1. The SMILES string of the molecule is CC(NC(=O)c1csc(N)n1)c1ccc(Cl)cc1. The van der Waals surface area contributed by atoms with Crippen LogP contribution in [0.1, 0.15) is 29.0 Å². The Hall–Kier alpha value is -1.59. The number of nitrogens with two attached hydrogens (primary N) is 1. The summed E-state index contributed by atoms with van der Waals surface area (Å²) in [5.41, 5.74) is 6.82. The lowest BCUT2D eigenvalue weighted by Crippen LogP contribution is -2.26. The second-order valence-corrected chi connectivity index (χ2v) is 5.14. The van der Waals surface area contributed by atoms with Gasteiger partial charge in [-0.2, -0.15) is 0 Å². The van der Waals surface area contributed by atoms with Gasteiger partial charge in [0.15, 0.2) is 5.13 Å². The predicted octanol–water partition coefficient (Wildman–Crippen LogP) is 2.87. The van der Waals surface area contributed by atoms with Crippen LogP contribution in [0.15, 0.2) is 29.6 Å². The zero-order chi connectivity index (χ0) is 13.1. The van der Waals surface area contributed by atoms with Crippen molar-refractivity contribution in [3.63, 3.8) is 0 Å². The van der Waals surface area contributed by atoms with Crippen LogP contribution in [0.3, 0.4) is 0 Å². The highest BCUT2D eigenvalue weighted by molar-refractivity contribution is 7.13. The molecular weight excluding hydrogens is 270 g/mol. The van der Waals surface area contributed by atoms with Crippen molar-refractivity contribution in [1.29, 1.82) is 0 Å². The topological polar surface area (TPSA) is 68.0 Å². The molecule has 94 valence electrons. The molecule has 6 heteroatoms. The number of carbonyl (C=O) groups is 1. The van der Waals surface area contributed by atoms with Crippen LogP contribution >= 0.6 is 22.9 Å². The minimum atomic E-state index is -0.231. The summed E-state index contributed by atoms with van der Waals surface area (Å²) in [4.78, 5) is 15.8. The summed E-state index contributed by atoms with van der Waals surface area (Å²) in [6.07, 6.45) is 0. The lowest BCUT2D eigenvalue weighted by atomic mass is 10.1. The molecule has 18 heavy (non-hydrogen) atoms. The zero-order valence-electron chi connectivity index (χ0n) is 9.68. The summed E-state index contributed by atoms with van der Waals surface area (Å²) >= 11 is 7.06. The van der Waals surface area contributed by atoms with Crippen LogP contribution in [0, 0.1) is 0 Å². The number of benzene rings is 1. The molecule has 1 heterocycles. The summed E-state index contributed by atoms with van der Waals surface area (Å²) in [6.45, 7) is 1.90. The Labute approximate surface area is 114 Å². The maximum atomic E-state index is 11.9. The van der Waals surface area contributed by atoms with Crippen molar-refractivity contribution in [1.82, 2.24) is 10.3 Å². The first-order valence-electron chi connectivity index (χ1n) is 5.33. The van der Waals surface area contributed by atoms with Gasteiger partial charge in [-0.3, -0.25) is 4.79 Å². The second-order valence-electron chi connectivity index (χ2n) is 3.82. The first-order chi connectivity index (χ1) is 8.56. The van der Waals surface area contributed by atoms with Crippen LogP contribution in [-0.2, 0) is 0 Å². The van der Waals surface area contributed by atoms with Crippen LogP contribution in [0.5, 0.6) is 0 Å². The monoisotopic (exact) mass is 281 g/mol. The molecular formula is C12H12ClN3OS. The molecule has 4 nitrogen and oxygen atoms in total. The molecule has 0 saturated heterocycles. The standard InChI is InChI=1S/C12H12ClN3OS/c1-7(8-2-4-9(13)5-3-8)15-11(17)10-6-18-12(14)16-10/h2-7H,1H3,(H2,14,16)(H,15,17). The van der Waals surface area contributed by atoms with Crippen molar-refractivity contribution in [3.8, 4) is 0 Å². The van der Waals surface area contributed by atoms with Crippen LogP contribution in [0.25, 0.3) is 0 Å². The molecule has 1 atom stereocenters. The lowest BCUT2D eigenvalue weighted by Gasteiger charge is -2.13. The average molecular weight is 282 g/mol. The molecule has 0 aliphatic heterocycles. The van der Waals surface area contributed by atoms with Crippen molar-refractivity contribution in [2.45, 2.75) is 13.0 Å². The third-order valence-corrected chi connectivity index (χ3v) is 3.40. The van der Waals surface area contributed by atoms with Crippen molar-refractivity contribution < 1.29 is 4.79 Å². The summed E-state index contributed by atoms with van der Waals surface area (Å²) in [6, 6.07) is 7.23. The molecule has 1 aromatic heterocycles. The Bertz CT molecular complexity index is 553. The maximum Gasteiger partial charge on any atom is 0.271 e. The fourth-order valence-corrected chi connectivity index (χ4v) is 2.17. The van der Waals surface area contributed by atoms with Gasteiger partial charge in [-0.25, -0.2) is 4.98 Å². The quantitative estimate of drug-likeness (QED) is 0.909. The number of rotatable bonds is 3. The Balaban J connectivity index is 2.05. The van der Waals surface area contributed by atoms with Gasteiger partial charge >= 0.3 is 0 Å². The van der Waals surface area contributed by atoms with E-state index in [0.29, 0.717) is 15.8 Å². The predicted molar refractivity (Wildman–Crippen MR) is 73.9 cm³/mol. The van der Waals surface area contributed by atoms with Crippen LogP contribution in [0.4, 0.5) is 5.13 Å². The van der Waals surface area contributed by atoms with E-state index < -0.39 is 0 Å². The lowest BCUT2D eigenvalue weighted by molar-refractivity contribution is 0.0935. The Morgan fingerprint density at radius 1 is 1.44 bits per heavy atom. The van der Waals surface area contributed by atoms with Crippen molar-refractivity contribution in [3.05, 3.63) is 45.9 Å². The van der Waals surface area contributed by atoms with E-state index in [0.717, 1.165) is 5.56 Å². The molecule has 1 amide bonds.